The highest BCUT2D eigenvalue weighted by molar-refractivity contribution is 6.33. The molecule has 0 fully saturated rings. The second-order valence-corrected chi connectivity index (χ2v) is 4.81. The Bertz CT molecular complexity index is 636. The van der Waals surface area contributed by atoms with Gasteiger partial charge in [-0.3, -0.25) is 10.1 Å². The van der Waals surface area contributed by atoms with E-state index in [-0.39, 0.29) is 11.4 Å². The molecule has 0 saturated heterocycles. The zero-order valence-corrected chi connectivity index (χ0v) is 11.5. The number of halogens is 1. The molecule has 2 aromatic carbocycles. The number of nitrogens with one attached hydrogen (secondary N) is 1. The van der Waals surface area contributed by atoms with Crippen molar-refractivity contribution in [1.29, 1.82) is 0 Å². The first-order valence-electron chi connectivity index (χ1n) is 5.93. The number of nitro groups is 1. The standard InChI is InChI=1S/C14H13ClN2O3/c1-9-5-11(17(19)20)7-13(15)14(9)16-8-10-3-2-4-12(18)6-10/h2-7,16,18H,8H2,1H3. The molecule has 104 valence electrons. The Morgan fingerprint density at radius 1 is 1.35 bits per heavy atom. The summed E-state index contributed by atoms with van der Waals surface area (Å²) in [5.74, 6) is 0.191. The number of benzene rings is 2. The summed E-state index contributed by atoms with van der Waals surface area (Å²) in [7, 11) is 0. The third-order valence-corrected chi connectivity index (χ3v) is 3.16. The fourth-order valence-electron chi connectivity index (χ4n) is 1.91. The molecule has 0 radical (unpaired) electrons. The van der Waals surface area contributed by atoms with Gasteiger partial charge in [-0.2, -0.15) is 0 Å². The van der Waals surface area contributed by atoms with E-state index in [1.165, 1.54) is 12.1 Å². The predicted molar refractivity (Wildman–Crippen MR) is 78.3 cm³/mol. The number of anilines is 1. The molecular formula is C14H13ClN2O3. The molecule has 0 aliphatic rings. The highest BCUT2D eigenvalue weighted by Gasteiger charge is 2.13. The summed E-state index contributed by atoms with van der Waals surface area (Å²) >= 11 is 6.06. The first-order valence-corrected chi connectivity index (χ1v) is 6.31. The van der Waals surface area contributed by atoms with Gasteiger partial charge in [-0.15, -0.1) is 0 Å². The molecule has 2 N–H and O–H groups in total. The number of phenols is 1. The smallest absolute Gasteiger partial charge is 0.271 e. The minimum atomic E-state index is -0.474. The van der Waals surface area contributed by atoms with E-state index < -0.39 is 4.92 Å². The van der Waals surface area contributed by atoms with Crippen molar-refractivity contribution < 1.29 is 10.0 Å². The van der Waals surface area contributed by atoms with Crippen molar-refractivity contribution in [3.8, 4) is 5.75 Å². The van der Waals surface area contributed by atoms with Gasteiger partial charge in [0.25, 0.3) is 5.69 Å². The van der Waals surface area contributed by atoms with Gasteiger partial charge in [-0.05, 0) is 30.2 Å². The number of aryl methyl sites for hydroxylation is 1. The minimum Gasteiger partial charge on any atom is -0.508 e. The van der Waals surface area contributed by atoms with Gasteiger partial charge in [0.2, 0.25) is 0 Å². The van der Waals surface area contributed by atoms with Gasteiger partial charge >= 0.3 is 0 Å². The highest BCUT2D eigenvalue weighted by atomic mass is 35.5. The third-order valence-electron chi connectivity index (χ3n) is 2.86. The second-order valence-electron chi connectivity index (χ2n) is 4.40. The number of nitro benzene ring substituents is 1. The lowest BCUT2D eigenvalue weighted by Crippen LogP contribution is -2.02. The van der Waals surface area contributed by atoms with Crippen molar-refractivity contribution in [3.05, 3.63) is 62.7 Å². The average molecular weight is 293 g/mol. The van der Waals surface area contributed by atoms with Crippen LogP contribution in [0.5, 0.6) is 5.75 Å². The monoisotopic (exact) mass is 292 g/mol. The van der Waals surface area contributed by atoms with E-state index in [1.54, 1.807) is 25.1 Å². The Labute approximate surface area is 121 Å². The molecular weight excluding hydrogens is 280 g/mol. The van der Waals surface area contributed by atoms with Crippen LogP contribution in [0, 0.1) is 17.0 Å². The molecule has 0 spiro atoms. The number of aromatic hydroxyl groups is 1. The average Bonchev–Trinajstić information content (AvgIpc) is 2.37. The molecule has 0 aromatic heterocycles. The van der Waals surface area contributed by atoms with Gasteiger partial charge in [-0.25, -0.2) is 0 Å². The van der Waals surface area contributed by atoms with Crippen LogP contribution >= 0.6 is 11.6 Å². The van der Waals surface area contributed by atoms with Crippen molar-refractivity contribution in [2.24, 2.45) is 0 Å². The fraction of sp³-hybridized carbons (Fsp3) is 0.143. The lowest BCUT2D eigenvalue weighted by atomic mass is 10.1. The van der Waals surface area contributed by atoms with E-state index >= 15 is 0 Å². The molecule has 2 aromatic rings. The van der Waals surface area contributed by atoms with Crippen molar-refractivity contribution in [3.63, 3.8) is 0 Å². The first kappa shape index (κ1) is 14.1. The maximum atomic E-state index is 10.7. The third kappa shape index (κ3) is 3.19. The second kappa shape index (κ2) is 5.79. The summed E-state index contributed by atoms with van der Waals surface area (Å²) in [4.78, 5) is 10.3. The number of hydrogen-bond acceptors (Lipinski definition) is 4. The molecule has 0 aliphatic carbocycles. The Kier molecular flexibility index (Phi) is 4.10. The lowest BCUT2D eigenvalue weighted by Gasteiger charge is -2.11. The van der Waals surface area contributed by atoms with Gasteiger partial charge in [0, 0.05) is 18.7 Å². The Morgan fingerprint density at radius 2 is 2.10 bits per heavy atom. The Balaban J connectivity index is 2.20. The normalized spacial score (nSPS) is 10.3. The minimum absolute atomic E-state index is 0.0320. The predicted octanol–water partition coefficient (Wildman–Crippen LogP) is 3.87. The van der Waals surface area contributed by atoms with E-state index in [0.29, 0.717) is 22.8 Å². The number of rotatable bonds is 4. The molecule has 0 bridgehead atoms. The van der Waals surface area contributed by atoms with Crippen molar-refractivity contribution in [2.45, 2.75) is 13.5 Å². The van der Waals surface area contributed by atoms with Crippen LogP contribution in [0.2, 0.25) is 5.02 Å². The molecule has 20 heavy (non-hydrogen) atoms. The molecule has 0 amide bonds. The maximum Gasteiger partial charge on any atom is 0.271 e. The molecule has 6 heteroatoms. The topological polar surface area (TPSA) is 75.4 Å². The summed E-state index contributed by atoms with van der Waals surface area (Å²) in [5, 5.41) is 23.5. The van der Waals surface area contributed by atoms with Crippen LogP contribution in [0.4, 0.5) is 11.4 Å². The largest absolute Gasteiger partial charge is 0.508 e. The molecule has 0 aliphatic heterocycles. The van der Waals surface area contributed by atoms with Crippen molar-refractivity contribution >= 4 is 23.0 Å². The number of hydrogen-bond donors (Lipinski definition) is 2. The van der Waals surface area contributed by atoms with Crippen LogP contribution in [0.15, 0.2) is 36.4 Å². The maximum absolute atomic E-state index is 10.7. The van der Waals surface area contributed by atoms with Gasteiger partial charge in [-0.1, -0.05) is 23.7 Å². The molecule has 0 atom stereocenters. The summed E-state index contributed by atoms with van der Waals surface area (Å²) in [5.41, 5.74) is 2.21. The van der Waals surface area contributed by atoms with Gasteiger partial charge in [0.15, 0.2) is 0 Å². The lowest BCUT2D eigenvalue weighted by molar-refractivity contribution is -0.384. The number of non-ortho nitro benzene ring substituents is 1. The zero-order chi connectivity index (χ0) is 14.7. The van der Waals surface area contributed by atoms with Crippen LogP contribution in [-0.2, 0) is 6.54 Å². The fourth-order valence-corrected chi connectivity index (χ4v) is 2.24. The molecule has 0 unspecified atom stereocenters. The van der Waals surface area contributed by atoms with E-state index in [2.05, 4.69) is 5.32 Å². The van der Waals surface area contributed by atoms with E-state index in [1.807, 2.05) is 6.07 Å². The van der Waals surface area contributed by atoms with Crippen molar-refractivity contribution in [2.75, 3.05) is 5.32 Å². The van der Waals surface area contributed by atoms with E-state index in [9.17, 15) is 15.2 Å². The quantitative estimate of drug-likeness (QED) is 0.662. The van der Waals surface area contributed by atoms with Crippen LogP contribution in [0.25, 0.3) is 0 Å². The first-order chi connectivity index (χ1) is 9.47. The van der Waals surface area contributed by atoms with Crippen LogP contribution < -0.4 is 5.32 Å². The van der Waals surface area contributed by atoms with Crippen LogP contribution in [0.3, 0.4) is 0 Å². The Morgan fingerprint density at radius 3 is 2.70 bits per heavy atom. The van der Waals surface area contributed by atoms with Gasteiger partial charge in [0.05, 0.1) is 15.6 Å². The van der Waals surface area contributed by atoms with E-state index in [4.69, 9.17) is 11.6 Å². The van der Waals surface area contributed by atoms with Gasteiger partial charge < -0.3 is 10.4 Å². The summed E-state index contributed by atoms with van der Waals surface area (Å²) < 4.78 is 0. The van der Waals surface area contributed by atoms with Gasteiger partial charge in [0.1, 0.15) is 5.75 Å². The Hall–Kier alpha value is -2.27. The highest BCUT2D eigenvalue weighted by Crippen LogP contribution is 2.31. The molecule has 5 nitrogen and oxygen atoms in total. The van der Waals surface area contributed by atoms with Crippen LogP contribution in [-0.4, -0.2) is 10.0 Å². The SMILES string of the molecule is Cc1cc([N+](=O)[O-])cc(Cl)c1NCc1cccc(O)c1. The summed E-state index contributed by atoms with van der Waals surface area (Å²) in [6, 6.07) is 9.63. The summed E-state index contributed by atoms with van der Waals surface area (Å²) in [6.07, 6.45) is 0. The number of phenolic OH excluding ortho intramolecular Hbond substituents is 1. The van der Waals surface area contributed by atoms with E-state index in [0.717, 1.165) is 5.56 Å². The number of nitrogens with zero attached hydrogens (tertiary/aromatic N) is 1. The van der Waals surface area contributed by atoms with Crippen LogP contribution in [0.1, 0.15) is 11.1 Å². The molecule has 2 rings (SSSR count). The summed E-state index contributed by atoms with van der Waals surface area (Å²) in [6.45, 7) is 2.22. The molecule has 0 saturated carbocycles. The van der Waals surface area contributed by atoms with Crippen molar-refractivity contribution in [1.82, 2.24) is 0 Å². The molecule has 0 heterocycles. The zero-order valence-electron chi connectivity index (χ0n) is 10.8.